The monoisotopic (exact) mass is 478 g/mol. The molecule has 3 rings (SSSR count). The lowest BCUT2D eigenvalue weighted by molar-refractivity contribution is -0.166. The van der Waals surface area contributed by atoms with Gasteiger partial charge in [0.1, 0.15) is 19.0 Å². The Hall–Kier alpha value is -4.07. The van der Waals surface area contributed by atoms with Crippen LogP contribution < -0.4 is 5.56 Å². The highest BCUT2D eigenvalue weighted by molar-refractivity contribution is 5.85. The lowest BCUT2D eigenvalue weighted by Gasteiger charge is -2.23. The van der Waals surface area contributed by atoms with Crippen LogP contribution in [0, 0.1) is 0 Å². The number of nitrogens with zero attached hydrogens (tertiary/aromatic N) is 4. The first-order valence-electron chi connectivity index (χ1n) is 9.95. The lowest BCUT2D eigenvalue weighted by atomic mass is 10.1. The Morgan fingerprint density at radius 2 is 1.71 bits per heavy atom. The van der Waals surface area contributed by atoms with Crippen molar-refractivity contribution in [2.75, 3.05) is 13.7 Å². The highest BCUT2D eigenvalue weighted by Crippen LogP contribution is 2.35. The summed E-state index contributed by atoms with van der Waals surface area (Å²) in [7, 11) is 1.19. The van der Waals surface area contributed by atoms with Crippen LogP contribution in [0.1, 0.15) is 27.0 Å². The minimum atomic E-state index is -1.16. The number of aromatic nitrogens is 4. The molecule has 34 heavy (non-hydrogen) atoms. The Balaban J connectivity index is 2.02. The van der Waals surface area contributed by atoms with Crippen LogP contribution in [0.2, 0.25) is 0 Å². The summed E-state index contributed by atoms with van der Waals surface area (Å²) in [6.45, 7) is 3.24. The normalized spacial score (nSPS) is 22.0. The Labute approximate surface area is 192 Å². The van der Waals surface area contributed by atoms with Crippen LogP contribution in [-0.2, 0) is 42.9 Å². The molecule has 1 fully saturated rings. The van der Waals surface area contributed by atoms with Crippen LogP contribution in [0.4, 0.5) is 0 Å². The van der Waals surface area contributed by atoms with Gasteiger partial charge >= 0.3 is 23.9 Å². The molecule has 0 aliphatic carbocycles. The van der Waals surface area contributed by atoms with E-state index in [0.29, 0.717) is 0 Å². The lowest BCUT2D eigenvalue weighted by Crippen LogP contribution is -2.40. The van der Waals surface area contributed by atoms with E-state index in [4.69, 9.17) is 18.9 Å². The molecule has 0 bridgehead atoms. The predicted molar refractivity (Wildman–Crippen MR) is 111 cm³/mol. The first-order chi connectivity index (χ1) is 16.1. The third kappa shape index (κ3) is 5.28. The molecule has 2 aromatic heterocycles. The maximum Gasteiger partial charge on any atom is 0.331 e. The van der Waals surface area contributed by atoms with Crippen LogP contribution in [0.3, 0.4) is 0 Å². The van der Waals surface area contributed by atoms with Crippen molar-refractivity contribution >= 4 is 41.2 Å². The summed E-state index contributed by atoms with van der Waals surface area (Å²) in [6.07, 6.45) is 0.209. The number of hydrogen-bond donors (Lipinski definition) is 0. The molecule has 0 aromatic carbocycles. The van der Waals surface area contributed by atoms with Crippen molar-refractivity contribution < 1.29 is 42.9 Å². The van der Waals surface area contributed by atoms with Gasteiger partial charge in [0.25, 0.3) is 5.56 Å². The average molecular weight is 478 g/mol. The third-order valence-corrected chi connectivity index (χ3v) is 4.70. The quantitative estimate of drug-likeness (QED) is 0.286. The number of carbonyl (C=O) groups is 4. The van der Waals surface area contributed by atoms with Gasteiger partial charge in [-0.2, -0.15) is 0 Å². The van der Waals surface area contributed by atoms with Gasteiger partial charge in [-0.25, -0.2) is 14.8 Å². The Morgan fingerprint density at radius 1 is 1.03 bits per heavy atom. The van der Waals surface area contributed by atoms with Crippen molar-refractivity contribution in [2.45, 2.75) is 45.3 Å². The van der Waals surface area contributed by atoms with E-state index in [1.807, 2.05) is 0 Å². The van der Waals surface area contributed by atoms with Gasteiger partial charge in [0, 0.05) is 33.0 Å². The van der Waals surface area contributed by atoms with Crippen molar-refractivity contribution in [2.24, 2.45) is 0 Å². The molecule has 14 heteroatoms. The Kier molecular flexibility index (Phi) is 7.40. The van der Waals surface area contributed by atoms with E-state index in [0.717, 1.165) is 23.9 Å². The summed E-state index contributed by atoms with van der Waals surface area (Å²) in [5, 5.41) is 0. The molecular weight excluding hydrogens is 456 g/mol. The summed E-state index contributed by atoms with van der Waals surface area (Å²) in [6, 6.07) is 0. The fourth-order valence-corrected chi connectivity index (χ4v) is 3.34. The maximum absolute atomic E-state index is 12.8. The largest absolute Gasteiger partial charge is 0.466 e. The number of fused-ring (bicyclic) bond motifs is 1. The van der Waals surface area contributed by atoms with E-state index in [-0.39, 0.29) is 17.8 Å². The van der Waals surface area contributed by atoms with Gasteiger partial charge in [-0.15, -0.1) is 0 Å². The minimum absolute atomic E-state index is 0.0737. The molecule has 0 amide bonds. The molecule has 1 saturated heterocycles. The number of esters is 4. The number of imidazole rings is 1. The topological polar surface area (TPSA) is 167 Å². The molecule has 182 valence electrons. The molecule has 1 aliphatic heterocycles. The van der Waals surface area contributed by atoms with E-state index >= 15 is 0 Å². The molecule has 14 nitrogen and oxygen atoms in total. The van der Waals surface area contributed by atoms with Crippen LogP contribution in [-0.4, -0.2) is 75.0 Å². The number of carbonyl (C=O) groups excluding carboxylic acids is 4. The van der Waals surface area contributed by atoms with Gasteiger partial charge < -0.3 is 23.7 Å². The van der Waals surface area contributed by atoms with E-state index in [1.54, 1.807) is 0 Å². The number of methoxy groups -OCH3 is 1. The maximum atomic E-state index is 12.8. The van der Waals surface area contributed by atoms with Gasteiger partial charge in [0.2, 0.25) is 0 Å². The Morgan fingerprint density at radius 3 is 2.32 bits per heavy atom. The summed E-state index contributed by atoms with van der Waals surface area (Å²) in [5.74, 6) is -2.62. The first-order valence-corrected chi connectivity index (χ1v) is 9.95. The van der Waals surface area contributed by atoms with Crippen LogP contribution in [0.25, 0.3) is 17.4 Å². The summed E-state index contributed by atoms with van der Waals surface area (Å²) in [5.41, 5.74) is -0.599. The molecule has 4 atom stereocenters. The van der Waals surface area contributed by atoms with Gasteiger partial charge in [-0.3, -0.25) is 28.3 Å². The zero-order chi connectivity index (χ0) is 25.0. The molecule has 1 aliphatic rings. The second kappa shape index (κ2) is 10.2. The van der Waals surface area contributed by atoms with Crippen LogP contribution in [0.5, 0.6) is 0 Å². The fraction of sp³-hybridized carbons (Fsp3) is 0.450. The van der Waals surface area contributed by atoms with Crippen LogP contribution in [0.15, 0.2) is 23.5 Å². The van der Waals surface area contributed by atoms with Gasteiger partial charge in [-0.1, -0.05) is 0 Å². The molecule has 0 radical (unpaired) electrons. The zero-order valence-electron chi connectivity index (χ0n) is 18.7. The average Bonchev–Trinajstić information content (AvgIpc) is 3.33. The second-order valence-electron chi connectivity index (χ2n) is 7.14. The first kappa shape index (κ1) is 24.6. The van der Waals surface area contributed by atoms with E-state index < -0.39 is 54.0 Å². The van der Waals surface area contributed by atoms with Crippen LogP contribution >= 0.6 is 0 Å². The van der Waals surface area contributed by atoms with Crippen molar-refractivity contribution in [3.63, 3.8) is 0 Å². The fourth-order valence-electron chi connectivity index (χ4n) is 3.34. The number of ether oxygens (including phenoxy) is 5. The molecule has 0 spiro atoms. The second-order valence-corrected chi connectivity index (χ2v) is 7.14. The van der Waals surface area contributed by atoms with Gasteiger partial charge in [-0.05, 0) is 0 Å². The van der Waals surface area contributed by atoms with Gasteiger partial charge in [0.15, 0.2) is 29.6 Å². The van der Waals surface area contributed by atoms with E-state index in [2.05, 4.69) is 14.7 Å². The summed E-state index contributed by atoms with van der Waals surface area (Å²) >= 11 is 0. The van der Waals surface area contributed by atoms with E-state index in [1.165, 1.54) is 38.1 Å². The van der Waals surface area contributed by atoms with Crippen molar-refractivity contribution in [1.82, 2.24) is 19.1 Å². The zero-order valence-corrected chi connectivity index (χ0v) is 18.7. The molecule has 0 unspecified atom stereocenters. The highest BCUT2D eigenvalue weighted by atomic mass is 16.7. The van der Waals surface area contributed by atoms with Crippen molar-refractivity contribution in [3.05, 3.63) is 29.1 Å². The summed E-state index contributed by atoms with van der Waals surface area (Å²) in [4.78, 5) is 67.1. The number of hydrogen-bond acceptors (Lipinski definition) is 12. The Bertz CT molecular complexity index is 1200. The van der Waals surface area contributed by atoms with Crippen molar-refractivity contribution in [1.29, 1.82) is 0 Å². The molecular formula is C20H22N4O10. The SMILES string of the molecule is COC(=O)/C=C/n1cnc2c(ncn2[C@@H]2O[C@H](COC(C)=O)[C@@H](OC(C)=O)[C@H]2OC(C)=O)c1=O. The van der Waals surface area contributed by atoms with E-state index in [9.17, 15) is 24.0 Å². The third-order valence-electron chi connectivity index (χ3n) is 4.70. The molecule has 0 N–H and O–H groups in total. The summed E-state index contributed by atoms with van der Waals surface area (Å²) < 4.78 is 28.5. The van der Waals surface area contributed by atoms with Crippen molar-refractivity contribution in [3.8, 4) is 0 Å². The highest BCUT2D eigenvalue weighted by Gasteiger charge is 2.51. The molecule has 0 saturated carbocycles. The standard InChI is InChI=1S/C20H22N4O10/c1-10(25)31-7-13-16(32-11(2)26)17(33-12(3)27)20(34-13)24-9-21-15-18(24)22-8-23(19(15)29)6-5-14(28)30-4/h5-6,8-9,13,16-17,20H,7H2,1-4H3/b6-5+/t13-,16-,17-,20-/m1/s1. The van der Waals surface area contributed by atoms with Gasteiger partial charge in [0.05, 0.1) is 13.4 Å². The number of rotatable bonds is 7. The molecule has 3 heterocycles. The smallest absolute Gasteiger partial charge is 0.331 e. The molecule has 2 aromatic rings. The minimum Gasteiger partial charge on any atom is -0.466 e. The predicted octanol–water partition coefficient (Wildman–Crippen LogP) is -0.439.